The van der Waals surface area contributed by atoms with Gasteiger partial charge in [-0.3, -0.25) is 9.59 Å². The van der Waals surface area contributed by atoms with Gasteiger partial charge in [0.1, 0.15) is 6.54 Å². The third kappa shape index (κ3) is 11.7. The predicted octanol–water partition coefficient (Wildman–Crippen LogP) is 2.12. The van der Waals surface area contributed by atoms with Crippen LogP contribution in [0.25, 0.3) is 0 Å². The molecular weight excluding hydrogens is 326 g/mol. The van der Waals surface area contributed by atoms with E-state index in [9.17, 15) is 14.4 Å². The van der Waals surface area contributed by atoms with Crippen molar-refractivity contribution in [3.05, 3.63) is 35.9 Å². The molecule has 2 N–H and O–H groups in total. The number of hydrogen-bond donors (Lipinski definition) is 2. The first-order valence-corrected chi connectivity index (χ1v) is 7.93. The molecule has 0 unspecified atom stereocenters. The molecule has 1 atom stereocenters. The number of carbonyl (C=O) groups excluding carboxylic acids is 1. The summed E-state index contributed by atoms with van der Waals surface area (Å²) in [7, 11) is 5.79. The quantitative estimate of drug-likeness (QED) is 0.574. The second-order valence-corrected chi connectivity index (χ2v) is 6.96. The average Bonchev–Trinajstić information content (AvgIpc) is 2.46. The fourth-order valence-electron chi connectivity index (χ4n) is 1.83. The van der Waals surface area contributed by atoms with Gasteiger partial charge in [0, 0.05) is 0 Å². The number of aromatic carboxylic acids is 1. The molecule has 0 heterocycles. The lowest BCUT2D eigenvalue weighted by Crippen LogP contribution is -2.44. The highest BCUT2D eigenvalue weighted by atomic mass is 16.5. The molecule has 0 aromatic heterocycles. The topological polar surface area (TPSA) is 101 Å². The normalized spacial score (nSPS) is 11.9. The zero-order chi connectivity index (χ0) is 19.6. The highest BCUT2D eigenvalue weighted by molar-refractivity contribution is 5.87. The van der Waals surface area contributed by atoms with Gasteiger partial charge in [-0.15, -0.1) is 0 Å². The number of likely N-dealkylation sites (N-methyl/N-ethyl adjacent to an activating group) is 1. The molecule has 0 radical (unpaired) electrons. The highest BCUT2D eigenvalue weighted by Crippen LogP contribution is 2.08. The molecule has 25 heavy (non-hydrogen) atoms. The molecule has 0 spiro atoms. The van der Waals surface area contributed by atoms with E-state index in [2.05, 4.69) is 0 Å². The minimum Gasteiger partial charge on any atom is -0.481 e. The second kappa shape index (κ2) is 10.5. The molecule has 0 saturated heterocycles. The lowest BCUT2D eigenvalue weighted by atomic mass is 10.2. The van der Waals surface area contributed by atoms with Crippen molar-refractivity contribution < 1.29 is 33.8 Å². The summed E-state index contributed by atoms with van der Waals surface area (Å²) in [6.07, 6.45) is -0.707. The zero-order valence-corrected chi connectivity index (χ0v) is 15.4. The molecule has 140 valence electrons. The first-order chi connectivity index (χ1) is 11.4. The van der Waals surface area contributed by atoms with Crippen molar-refractivity contribution >= 4 is 17.9 Å². The molecule has 0 saturated carbocycles. The second-order valence-electron chi connectivity index (χ2n) is 6.96. The van der Waals surface area contributed by atoms with E-state index < -0.39 is 18.0 Å². The molecule has 0 aliphatic carbocycles. The number of carbonyl (C=O) groups is 3. The Labute approximate surface area is 148 Å². The maximum absolute atomic E-state index is 11.4. The van der Waals surface area contributed by atoms with Gasteiger partial charge in [-0.25, -0.2) is 4.79 Å². The zero-order valence-electron chi connectivity index (χ0n) is 15.4. The van der Waals surface area contributed by atoms with E-state index in [4.69, 9.17) is 14.9 Å². The molecule has 0 bridgehead atoms. The standard InChI is InChI=1S/C11H21NO4.C7H6O2/c1-8(2)11(15)16-9(6-10(13)14)7-12(3,4)5;8-7(9)6-4-2-1-3-5-6/h8-9H,6-7H2,1-5H3;1-5H,(H,8,9)/p+1/t9-;/m1./s1. The van der Waals surface area contributed by atoms with Crippen LogP contribution in [0.2, 0.25) is 0 Å². The molecular formula is C18H28NO6+. The van der Waals surface area contributed by atoms with E-state index in [1.165, 1.54) is 0 Å². The monoisotopic (exact) mass is 354 g/mol. The highest BCUT2D eigenvalue weighted by Gasteiger charge is 2.25. The van der Waals surface area contributed by atoms with Crippen LogP contribution in [0.5, 0.6) is 0 Å². The van der Waals surface area contributed by atoms with Crippen molar-refractivity contribution in [3.8, 4) is 0 Å². The van der Waals surface area contributed by atoms with Crippen LogP contribution in [0.15, 0.2) is 30.3 Å². The summed E-state index contributed by atoms with van der Waals surface area (Å²) < 4.78 is 5.72. The van der Waals surface area contributed by atoms with E-state index in [0.717, 1.165) is 0 Å². The van der Waals surface area contributed by atoms with Gasteiger partial charge in [0.25, 0.3) is 0 Å². The molecule has 7 nitrogen and oxygen atoms in total. The van der Waals surface area contributed by atoms with Crippen molar-refractivity contribution in [3.63, 3.8) is 0 Å². The summed E-state index contributed by atoms with van der Waals surface area (Å²) in [6.45, 7) is 3.95. The summed E-state index contributed by atoms with van der Waals surface area (Å²) in [6, 6.07) is 8.30. The average molecular weight is 354 g/mol. The van der Waals surface area contributed by atoms with Crippen molar-refractivity contribution in [2.24, 2.45) is 5.92 Å². The number of rotatable bonds is 7. The van der Waals surface area contributed by atoms with Crippen LogP contribution in [-0.2, 0) is 14.3 Å². The minimum absolute atomic E-state index is 0.145. The van der Waals surface area contributed by atoms with Crippen LogP contribution in [-0.4, -0.2) is 66.4 Å². The van der Waals surface area contributed by atoms with Gasteiger partial charge in [-0.2, -0.15) is 0 Å². The Bertz CT molecular complexity index is 563. The summed E-state index contributed by atoms with van der Waals surface area (Å²) in [4.78, 5) is 32.2. The van der Waals surface area contributed by atoms with E-state index in [1.807, 2.05) is 21.1 Å². The molecule has 1 aromatic rings. The van der Waals surface area contributed by atoms with Crippen LogP contribution < -0.4 is 0 Å². The van der Waals surface area contributed by atoms with Crippen LogP contribution in [0.1, 0.15) is 30.6 Å². The van der Waals surface area contributed by atoms with Gasteiger partial charge >= 0.3 is 17.9 Å². The summed E-state index contributed by atoms with van der Waals surface area (Å²) in [5, 5.41) is 17.1. The fourth-order valence-corrected chi connectivity index (χ4v) is 1.83. The third-order valence-corrected chi connectivity index (χ3v) is 2.93. The van der Waals surface area contributed by atoms with E-state index in [1.54, 1.807) is 44.2 Å². The number of carboxylic acids is 2. The largest absolute Gasteiger partial charge is 0.481 e. The lowest BCUT2D eigenvalue weighted by molar-refractivity contribution is -0.873. The summed E-state index contributed by atoms with van der Waals surface area (Å²) >= 11 is 0. The minimum atomic E-state index is -0.949. The number of benzene rings is 1. The Hall–Kier alpha value is -2.41. The maximum atomic E-state index is 11.4. The SMILES string of the molecule is CC(C)C(=O)O[C@H](CC(=O)O)C[N+](C)(C)C.O=C(O)c1ccccc1. The Morgan fingerprint density at radius 1 is 1.04 bits per heavy atom. The summed E-state index contributed by atoms with van der Waals surface area (Å²) in [5.41, 5.74) is 0.331. The van der Waals surface area contributed by atoms with Crippen LogP contribution >= 0.6 is 0 Å². The number of hydrogen-bond acceptors (Lipinski definition) is 4. The maximum Gasteiger partial charge on any atom is 0.335 e. The van der Waals surface area contributed by atoms with Crippen molar-refractivity contribution in [1.82, 2.24) is 0 Å². The number of ether oxygens (including phenoxy) is 1. The Morgan fingerprint density at radius 3 is 1.88 bits per heavy atom. The Kier molecular flexibility index (Phi) is 9.45. The molecule has 0 fully saturated rings. The van der Waals surface area contributed by atoms with E-state index in [-0.39, 0.29) is 18.3 Å². The Balaban J connectivity index is 0.000000535. The van der Waals surface area contributed by atoms with E-state index >= 15 is 0 Å². The van der Waals surface area contributed by atoms with Crippen molar-refractivity contribution in [2.45, 2.75) is 26.4 Å². The van der Waals surface area contributed by atoms with Crippen LogP contribution in [0, 0.1) is 5.92 Å². The van der Waals surface area contributed by atoms with Gasteiger partial charge in [0.05, 0.1) is 39.0 Å². The first kappa shape index (κ1) is 22.6. The van der Waals surface area contributed by atoms with Gasteiger partial charge in [-0.1, -0.05) is 32.0 Å². The van der Waals surface area contributed by atoms with Gasteiger partial charge in [-0.05, 0) is 12.1 Å². The van der Waals surface area contributed by atoms with Gasteiger partial charge < -0.3 is 19.4 Å². The fraction of sp³-hybridized carbons (Fsp3) is 0.500. The van der Waals surface area contributed by atoms with E-state index in [0.29, 0.717) is 16.6 Å². The van der Waals surface area contributed by atoms with Crippen molar-refractivity contribution in [2.75, 3.05) is 27.7 Å². The molecule has 0 amide bonds. The van der Waals surface area contributed by atoms with Gasteiger partial charge in [0.2, 0.25) is 0 Å². The Morgan fingerprint density at radius 2 is 1.56 bits per heavy atom. The lowest BCUT2D eigenvalue weighted by Gasteiger charge is -2.28. The van der Waals surface area contributed by atoms with Crippen molar-refractivity contribution in [1.29, 1.82) is 0 Å². The number of esters is 1. The van der Waals surface area contributed by atoms with Crippen LogP contribution in [0.3, 0.4) is 0 Å². The molecule has 1 rings (SSSR count). The number of aliphatic carboxylic acids is 1. The number of quaternary nitrogens is 1. The number of carboxylic acid groups (broad SMARTS) is 2. The summed E-state index contributed by atoms with van der Waals surface area (Å²) in [5.74, 6) is -2.41. The third-order valence-electron chi connectivity index (χ3n) is 2.93. The van der Waals surface area contributed by atoms with Crippen LogP contribution in [0.4, 0.5) is 0 Å². The smallest absolute Gasteiger partial charge is 0.335 e. The predicted molar refractivity (Wildman–Crippen MR) is 93.3 cm³/mol. The molecule has 7 heteroatoms. The number of nitrogens with zero attached hydrogens (tertiary/aromatic N) is 1. The van der Waals surface area contributed by atoms with Gasteiger partial charge in [0.15, 0.2) is 6.10 Å². The molecule has 0 aliphatic rings. The molecule has 0 aliphatic heterocycles. The molecule has 1 aromatic carbocycles. The first-order valence-electron chi connectivity index (χ1n) is 7.93.